The maximum absolute atomic E-state index is 14.1. The van der Waals surface area contributed by atoms with E-state index in [1.54, 1.807) is 56.1 Å². The highest BCUT2D eigenvalue weighted by atomic mass is 32.1. The molecule has 0 fully saturated rings. The van der Waals surface area contributed by atoms with Gasteiger partial charge in [0.15, 0.2) is 4.80 Å². The van der Waals surface area contributed by atoms with E-state index in [1.165, 1.54) is 11.3 Å². The van der Waals surface area contributed by atoms with Crippen LogP contribution < -0.4 is 29.1 Å². The van der Waals surface area contributed by atoms with Crippen molar-refractivity contribution in [3.05, 3.63) is 97.2 Å². The second kappa shape index (κ2) is 12.6. The van der Waals surface area contributed by atoms with Gasteiger partial charge in [0.1, 0.15) is 29.9 Å². The summed E-state index contributed by atoms with van der Waals surface area (Å²) in [7, 11) is 3.11. The zero-order valence-corrected chi connectivity index (χ0v) is 23.4. The van der Waals surface area contributed by atoms with E-state index in [2.05, 4.69) is 6.58 Å². The van der Waals surface area contributed by atoms with Crippen LogP contribution in [0, 0.1) is 0 Å². The Kier molecular flexibility index (Phi) is 9.03. The number of hydrogen-bond acceptors (Lipinski definition) is 8. The van der Waals surface area contributed by atoms with Crippen LogP contribution in [0.3, 0.4) is 0 Å². The number of thiazole rings is 1. The highest BCUT2D eigenvalue weighted by molar-refractivity contribution is 7.07. The molecule has 1 aliphatic rings. The van der Waals surface area contributed by atoms with E-state index in [-0.39, 0.29) is 12.2 Å². The molecule has 0 bridgehead atoms. The monoisotopic (exact) mass is 548 g/mol. The molecule has 0 N–H and O–H groups in total. The van der Waals surface area contributed by atoms with Crippen LogP contribution in [0.5, 0.6) is 17.2 Å². The van der Waals surface area contributed by atoms with Crippen molar-refractivity contribution in [3.63, 3.8) is 0 Å². The van der Waals surface area contributed by atoms with E-state index in [4.69, 9.17) is 23.9 Å². The number of carbonyl (C=O) groups is 1. The van der Waals surface area contributed by atoms with E-state index in [1.807, 2.05) is 31.2 Å². The second-order valence-corrected chi connectivity index (χ2v) is 9.67. The molecule has 0 saturated heterocycles. The lowest BCUT2D eigenvalue weighted by Gasteiger charge is -2.27. The number of allylic oxidation sites excluding steroid dienone is 1. The lowest BCUT2D eigenvalue weighted by molar-refractivity contribution is -0.139. The van der Waals surface area contributed by atoms with Gasteiger partial charge in [0.2, 0.25) is 0 Å². The fourth-order valence-corrected chi connectivity index (χ4v) is 5.50. The molecule has 2 heterocycles. The minimum atomic E-state index is -0.818. The summed E-state index contributed by atoms with van der Waals surface area (Å²) in [5.41, 5.74) is 1.97. The predicted octanol–water partition coefficient (Wildman–Crippen LogP) is 4.16. The van der Waals surface area contributed by atoms with Gasteiger partial charge in [-0.2, -0.15) is 0 Å². The van der Waals surface area contributed by atoms with Gasteiger partial charge in [-0.25, -0.2) is 9.79 Å². The van der Waals surface area contributed by atoms with E-state index in [9.17, 15) is 9.59 Å². The van der Waals surface area contributed by atoms with Crippen molar-refractivity contribution in [2.24, 2.45) is 4.99 Å². The fourth-order valence-electron chi connectivity index (χ4n) is 4.49. The summed E-state index contributed by atoms with van der Waals surface area (Å²) >= 11 is 1.26. The van der Waals surface area contributed by atoms with E-state index >= 15 is 0 Å². The summed E-state index contributed by atoms with van der Waals surface area (Å²) in [6, 6.07) is 12.0. The van der Waals surface area contributed by atoms with Gasteiger partial charge in [-0.3, -0.25) is 9.36 Å². The Bertz CT molecular complexity index is 1580. The van der Waals surface area contributed by atoms with Gasteiger partial charge in [-0.1, -0.05) is 55.5 Å². The number of methoxy groups -OCH3 is 2. The molecule has 3 aromatic rings. The Morgan fingerprint density at radius 1 is 1.13 bits per heavy atom. The molecule has 2 aromatic carbocycles. The lowest BCUT2D eigenvalue weighted by Crippen LogP contribution is -2.40. The minimum Gasteiger partial charge on any atom is -0.497 e. The van der Waals surface area contributed by atoms with Crippen LogP contribution in [0.25, 0.3) is 6.08 Å². The number of fused-ring (bicyclic) bond motifs is 1. The van der Waals surface area contributed by atoms with Crippen LogP contribution in [0.2, 0.25) is 0 Å². The van der Waals surface area contributed by atoms with Gasteiger partial charge in [-0.05, 0) is 43.7 Å². The van der Waals surface area contributed by atoms with E-state index in [0.717, 1.165) is 12.0 Å². The van der Waals surface area contributed by atoms with Gasteiger partial charge < -0.3 is 18.9 Å². The maximum Gasteiger partial charge on any atom is 0.338 e. The Morgan fingerprint density at radius 3 is 2.62 bits per heavy atom. The van der Waals surface area contributed by atoms with Gasteiger partial charge >= 0.3 is 5.97 Å². The third-order valence-electron chi connectivity index (χ3n) is 6.19. The van der Waals surface area contributed by atoms with Crippen LogP contribution in [0.15, 0.2) is 76.2 Å². The molecule has 0 saturated carbocycles. The number of benzene rings is 2. The fraction of sp³-hybridized carbons (Fsp3) is 0.300. The summed E-state index contributed by atoms with van der Waals surface area (Å²) < 4.78 is 24.4. The molecule has 0 unspecified atom stereocenters. The number of rotatable bonds is 11. The lowest BCUT2D eigenvalue weighted by atomic mass is 9.93. The van der Waals surface area contributed by atoms with Crippen molar-refractivity contribution in [3.8, 4) is 17.2 Å². The third-order valence-corrected chi connectivity index (χ3v) is 7.17. The molecule has 8 nitrogen and oxygen atoms in total. The van der Waals surface area contributed by atoms with Crippen molar-refractivity contribution < 1.29 is 23.7 Å². The normalized spacial score (nSPS) is 14.9. The summed E-state index contributed by atoms with van der Waals surface area (Å²) in [5.74, 6) is 1.20. The van der Waals surface area contributed by atoms with Crippen LogP contribution in [-0.2, 0) is 9.53 Å². The number of esters is 1. The molecule has 0 aliphatic carbocycles. The van der Waals surface area contributed by atoms with Crippen molar-refractivity contribution in [2.75, 3.05) is 27.4 Å². The minimum absolute atomic E-state index is 0.190. The first-order valence-corrected chi connectivity index (χ1v) is 13.6. The molecular weight excluding hydrogens is 516 g/mol. The SMILES string of the molecule is C=CCOc1ccccc1/C=c1/sc2n(c1=O)[C@H](c1cc(OC)ccc1OC)C(C(=O)OCC)=C(CCC)N=2. The summed E-state index contributed by atoms with van der Waals surface area (Å²) in [6.45, 7) is 8.00. The number of nitrogens with zero attached hydrogens (tertiary/aromatic N) is 2. The first kappa shape index (κ1) is 27.9. The number of hydrogen-bond donors (Lipinski definition) is 0. The van der Waals surface area contributed by atoms with Gasteiger partial charge in [0.25, 0.3) is 5.56 Å². The smallest absolute Gasteiger partial charge is 0.338 e. The average Bonchev–Trinajstić information content (AvgIpc) is 3.25. The average molecular weight is 549 g/mol. The quantitative estimate of drug-likeness (QED) is 0.264. The van der Waals surface area contributed by atoms with Crippen molar-refractivity contribution in [1.82, 2.24) is 4.57 Å². The van der Waals surface area contributed by atoms with Gasteiger partial charge in [0.05, 0.1) is 36.6 Å². The third kappa shape index (κ3) is 5.68. The van der Waals surface area contributed by atoms with E-state index < -0.39 is 12.0 Å². The molecule has 0 radical (unpaired) electrons. The zero-order valence-electron chi connectivity index (χ0n) is 22.6. The molecule has 1 aliphatic heterocycles. The Labute approximate surface area is 231 Å². The zero-order chi connectivity index (χ0) is 27.9. The molecule has 0 amide bonds. The van der Waals surface area contributed by atoms with Crippen molar-refractivity contribution in [1.29, 1.82) is 0 Å². The topological polar surface area (TPSA) is 88.3 Å². The summed E-state index contributed by atoms with van der Waals surface area (Å²) in [4.78, 5) is 32.8. The standard InChI is InChI=1S/C30H32N2O6S/c1-6-11-22-26(29(34)37-8-3)27(21-18-20(35-4)14-15-24(21)36-5)32-28(33)25(39-30(32)31-22)17-19-12-9-10-13-23(19)38-16-7-2/h7,9-10,12-15,17-18,27H,2,6,8,11,16H2,1,3-5H3/b25-17+/t27-/m1/s1. The second-order valence-electron chi connectivity index (χ2n) is 8.66. The Balaban J connectivity index is 2.03. The molecular formula is C30H32N2O6S. The number of ether oxygens (including phenoxy) is 4. The van der Waals surface area contributed by atoms with Crippen LogP contribution >= 0.6 is 11.3 Å². The Morgan fingerprint density at radius 2 is 1.92 bits per heavy atom. The highest BCUT2D eigenvalue weighted by Crippen LogP contribution is 2.38. The molecule has 4 rings (SSSR count). The molecule has 1 aromatic heterocycles. The number of carbonyl (C=O) groups excluding carboxylic acids is 1. The predicted molar refractivity (Wildman–Crippen MR) is 151 cm³/mol. The van der Waals surface area contributed by atoms with Gasteiger partial charge in [0, 0.05) is 11.1 Å². The summed E-state index contributed by atoms with van der Waals surface area (Å²) in [5, 5.41) is 0. The van der Waals surface area contributed by atoms with Crippen molar-refractivity contribution >= 4 is 23.4 Å². The molecule has 204 valence electrons. The summed E-state index contributed by atoms with van der Waals surface area (Å²) in [6.07, 6.45) is 4.75. The van der Waals surface area contributed by atoms with Gasteiger partial charge in [-0.15, -0.1) is 0 Å². The number of aromatic nitrogens is 1. The van der Waals surface area contributed by atoms with Crippen LogP contribution in [0.1, 0.15) is 43.9 Å². The molecule has 0 spiro atoms. The van der Waals surface area contributed by atoms with Crippen LogP contribution in [0.4, 0.5) is 0 Å². The maximum atomic E-state index is 14.1. The largest absolute Gasteiger partial charge is 0.497 e. The molecule has 1 atom stereocenters. The highest BCUT2D eigenvalue weighted by Gasteiger charge is 2.36. The van der Waals surface area contributed by atoms with E-state index in [0.29, 0.717) is 56.4 Å². The number of para-hydroxylation sites is 1. The molecule has 39 heavy (non-hydrogen) atoms. The van der Waals surface area contributed by atoms with Crippen molar-refractivity contribution in [2.45, 2.75) is 32.7 Å². The van der Waals surface area contributed by atoms with Crippen LogP contribution in [-0.4, -0.2) is 38.0 Å². The first-order valence-electron chi connectivity index (χ1n) is 12.7. The Hall–Kier alpha value is -4.11. The molecule has 9 heteroatoms. The first-order chi connectivity index (χ1) is 19.0.